The van der Waals surface area contributed by atoms with E-state index in [1.54, 1.807) is 0 Å². The molecule has 0 aliphatic heterocycles. The van der Waals surface area contributed by atoms with Crippen molar-refractivity contribution in [2.75, 3.05) is 6.61 Å². The normalized spacial score (nSPS) is 19.1. The van der Waals surface area contributed by atoms with Gasteiger partial charge in [0.15, 0.2) is 6.17 Å². The average molecular weight is 455 g/mol. The lowest BCUT2D eigenvalue weighted by Crippen LogP contribution is -2.30. The molecule has 0 radical (unpaired) electrons. The van der Waals surface area contributed by atoms with Gasteiger partial charge in [-0.3, -0.25) is 0 Å². The van der Waals surface area contributed by atoms with Crippen LogP contribution in [-0.2, 0) is 16.0 Å². The van der Waals surface area contributed by atoms with Crippen molar-refractivity contribution in [3.8, 4) is 16.9 Å². The van der Waals surface area contributed by atoms with E-state index in [4.69, 9.17) is 9.47 Å². The van der Waals surface area contributed by atoms with E-state index in [0.717, 1.165) is 44.3 Å². The second-order valence-corrected chi connectivity index (χ2v) is 9.33. The van der Waals surface area contributed by atoms with Crippen LogP contribution in [0.25, 0.3) is 11.1 Å². The molecule has 4 heteroatoms. The van der Waals surface area contributed by atoms with Gasteiger partial charge in [0.2, 0.25) is 0 Å². The van der Waals surface area contributed by atoms with Crippen molar-refractivity contribution in [2.24, 2.45) is 5.92 Å². The molecule has 1 atom stereocenters. The molecule has 180 valence electrons. The number of halogens is 1. The third-order valence-electron chi connectivity index (χ3n) is 6.59. The van der Waals surface area contributed by atoms with Gasteiger partial charge in [-0.1, -0.05) is 69.5 Å². The van der Waals surface area contributed by atoms with Gasteiger partial charge in [0.25, 0.3) is 0 Å². The first-order valence-electron chi connectivity index (χ1n) is 12.8. The van der Waals surface area contributed by atoms with Crippen LogP contribution >= 0.6 is 0 Å². The van der Waals surface area contributed by atoms with Crippen LogP contribution in [0.5, 0.6) is 5.75 Å². The molecule has 0 bridgehead atoms. The van der Waals surface area contributed by atoms with Gasteiger partial charge in [0.1, 0.15) is 11.9 Å². The maximum absolute atomic E-state index is 13.8. The van der Waals surface area contributed by atoms with E-state index in [1.807, 2.05) is 19.1 Å². The zero-order valence-electron chi connectivity index (χ0n) is 20.2. The molecule has 1 saturated carbocycles. The van der Waals surface area contributed by atoms with Crippen LogP contribution in [0.15, 0.2) is 48.5 Å². The summed E-state index contributed by atoms with van der Waals surface area (Å²) >= 11 is 0. The van der Waals surface area contributed by atoms with Gasteiger partial charge in [-0.25, -0.2) is 9.18 Å². The number of carbonyl (C=O) groups excluding carboxylic acids is 1. The standard InChI is InChI=1S/C29H39FO3/c1-3-5-7-22-9-13-24(14-10-22)25-15-19-26(20-16-25)32-21-23-11-17-27(18-12-23)33-29(31)28(30)8-6-4-2/h9-10,13-16,19-20,23,27-28H,3-8,11-12,17-18,21H2,1-2H3/t23-,27-,28-/m0/s1. The minimum absolute atomic E-state index is 0.152. The number of unbranched alkanes of at least 4 members (excludes halogenated alkanes) is 2. The summed E-state index contributed by atoms with van der Waals surface area (Å²) in [6, 6.07) is 17.1. The lowest BCUT2D eigenvalue weighted by Gasteiger charge is -2.28. The van der Waals surface area contributed by atoms with Crippen LogP contribution in [0.1, 0.15) is 77.2 Å². The van der Waals surface area contributed by atoms with Crippen molar-refractivity contribution in [3.05, 3.63) is 54.1 Å². The van der Waals surface area contributed by atoms with Crippen molar-refractivity contribution in [2.45, 2.75) is 90.3 Å². The fourth-order valence-electron chi connectivity index (χ4n) is 4.36. The summed E-state index contributed by atoms with van der Waals surface area (Å²) in [5, 5.41) is 0. The van der Waals surface area contributed by atoms with E-state index in [-0.39, 0.29) is 12.5 Å². The first kappa shape index (κ1) is 25.3. The quantitative estimate of drug-likeness (QED) is 0.308. The van der Waals surface area contributed by atoms with Gasteiger partial charge in [0.05, 0.1) is 6.61 Å². The van der Waals surface area contributed by atoms with Crippen LogP contribution in [-0.4, -0.2) is 24.9 Å². The lowest BCUT2D eigenvalue weighted by molar-refractivity contribution is -0.157. The zero-order valence-corrected chi connectivity index (χ0v) is 20.2. The van der Waals surface area contributed by atoms with Crippen molar-refractivity contribution in [1.29, 1.82) is 0 Å². The Kier molecular flexibility index (Phi) is 10.2. The van der Waals surface area contributed by atoms with Gasteiger partial charge in [-0.15, -0.1) is 0 Å². The molecular formula is C29H39FO3. The predicted octanol–water partition coefficient (Wildman–Crippen LogP) is 7.71. The fourth-order valence-corrected chi connectivity index (χ4v) is 4.36. The van der Waals surface area contributed by atoms with E-state index >= 15 is 0 Å². The Balaban J connectivity index is 1.39. The molecule has 0 amide bonds. The van der Waals surface area contributed by atoms with Crippen LogP contribution < -0.4 is 4.74 Å². The largest absolute Gasteiger partial charge is 0.493 e. The molecule has 3 nitrogen and oxygen atoms in total. The molecule has 0 spiro atoms. The second-order valence-electron chi connectivity index (χ2n) is 9.33. The van der Waals surface area contributed by atoms with Crippen molar-refractivity contribution in [3.63, 3.8) is 0 Å². The van der Waals surface area contributed by atoms with Gasteiger partial charge in [-0.05, 0) is 79.7 Å². The number of alkyl halides is 1. The van der Waals surface area contributed by atoms with Crippen molar-refractivity contribution < 1.29 is 18.7 Å². The maximum Gasteiger partial charge on any atom is 0.340 e. The summed E-state index contributed by atoms with van der Waals surface area (Å²) in [4.78, 5) is 11.9. The Hall–Kier alpha value is -2.36. The summed E-state index contributed by atoms with van der Waals surface area (Å²) in [5.74, 6) is 0.637. The SMILES string of the molecule is CCCCc1ccc(-c2ccc(OC[C@H]3CC[C@H](OC(=O)[C@@H](F)CCCC)CC3)cc2)cc1. The molecule has 1 aliphatic rings. The van der Waals surface area contributed by atoms with Crippen LogP contribution in [0, 0.1) is 5.92 Å². The van der Waals surface area contributed by atoms with Gasteiger partial charge >= 0.3 is 5.97 Å². The summed E-state index contributed by atoms with van der Waals surface area (Å²) in [7, 11) is 0. The Morgan fingerprint density at radius 3 is 2.12 bits per heavy atom. The van der Waals surface area contributed by atoms with Gasteiger partial charge in [-0.2, -0.15) is 0 Å². The minimum Gasteiger partial charge on any atom is -0.493 e. The van der Waals surface area contributed by atoms with E-state index in [1.165, 1.54) is 29.5 Å². The van der Waals surface area contributed by atoms with Crippen LogP contribution in [0.4, 0.5) is 4.39 Å². The highest BCUT2D eigenvalue weighted by atomic mass is 19.1. The number of esters is 1. The van der Waals surface area contributed by atoms with Crippen molar-refractivity contribution >= 4 is 5.97 Å². The van der Waals surface area contributed by atoms with E-state index in [0.29, 0.717) is 18.9 Å². The molecule has 0 saturated heterocycles. The summed E-state index contributed by atoms with van der Waals surface area (Å²) in [5.41, 5.74) is 3.81. The van der Waals surface area contributed by atoms with E-state index in [9.17, 15) is 9.18 Å². The number of benzene rings is 2. The van der Waals surface area contributed by atoms with E-state index in [2.05, 4.69) is 43.3 Å². The summed E-state index contributed by atoms with van der Waals surface area (Å²) in [6.07, 6.45) is 7.27. The number of hydrogen-bond donors (Lipinski definition) is 0. The molecule has 0 unspecified atom stereocenters. The molecule has 0 aromatic heterocycles. The third-order valence-corrected chi connectivity index (χ3v) is 6.59. The molecule has 0 heterocycles. The Morgan fingerprint density at radius 2 is 1.52 bits per heavy atom. The number of rotatable bonds is 12. The third kappa shape index (κ3) is 8.17. The number of carbonyl (C=O) groups is 1. The lowest BCUT2D eigenvalue weighted by atomic mass is 9.88. The monoisotopic (exact) mass is 454 g/mol. The Labute approximate surface area is 198 Å². The number of aryl methyl sites for hydroxylation is 1. The molecular weight excluding hydrogens is 415 g/mol. The molecule has 1 fully saturated rings. The topological polar surface area (TPSA) is 35.5 Å². The summed E-state index contributed by atoms with van der Waals surface area (Å²) < 4.78 is 25.2. The maximum atomic E-state index is 13.8. The highest BCUT2D eigenvalue weighted by molar-refractivity contribution is 5.74. The van der Waals surface area contributed by atoms with Crippen molar-refractivity contribution in [1.82, 2.24) is 0 Å². The number of ether oxygens (including phenoxy) is 2. The number of hydrogen-bond acceptors (Lipinski definition) is 3. The second kappa shape index (κ2) is 13.4. The first-order chi connectivity index (χ1) is 16.1. The molecule has 1 aliphatic carbocycles. The smallest absolute Gasteiger partial charge is 0.340 e. The summed E-state index contributed by atoms with van der Waals surface area (Å²) in [6.45, 7) is 4.87. The van der Waals surface area contributed by atoms with Crippen LogP contribution in [0.2, 0.25) is 0 Å². The minimum atomic E-state index is -1.48. The van der Waals surface area contributed by atoms with Gasteiger partial charge in [0, 0.05) is 0 Å². The molecule has 0 N–H and O–H groups in total. The fraction of sp³-hybridized carbons (Fsp3) is 0.552. The van der Waals surface area contributed by atoms with E-state index < -0.39 is 12.1 Å². The highest BCUT2D eigenvalue weighted by Gasteiger charge is 2.27. The Morgan fingerprint density at radius 1 is 0.909 bits per heavy atom. The molecule has 2 aromatic carbocycles. The molecule has 2 aromatic rings. The predicted molar refractivity (Wildman–Crippen MR) is 132 cm³/mol. The zero-order chi connectivity index (χ0) is 23.5. The first-order valence-corrected chi connectivity index (χ1v) is 12.8. The molecule has 33 heavy (non-hydrogen) atoms. The Bertz CT molecular complexity index is 823. The average Bonchev–Trinajstić information content (AvgIpc) is 2.86. The molecule has 3 rings (SSSR count). The van der Waals surface area contributed by atoms with Gasteiger partial charge < -0.3 is 9.47 Å². The van der Waals surface area contributed by atoms with Crippen LogP contribution in [0.3, 0.4) is 0 Å². The highest BCUT2D eigenvalue weighted by Crippen LogP contribution is 2.29.